The number of nitrogens with zero attached hydrogens (tertiary/aromatic N) is 1. The van der Waals surface area contributed by atoms with E-state index in [1.807, 2.05) is 4.90 Å². The number of likely N-dealkylation sites (tertiary alicyclic amines) is 1. The molecule has 5 nitrogen and oxygen atoms in total. The van der Waals surface area contributed by atoms with Crippen LogP contribution in [-0.2, 0) is 11.3 Å². The number of benzene rings is 1. The number of nitrogens with one attached hydrogen (secondary N) is 2. The molecule has 0 saturated carbocycles. The zero-order valence-electron chi connectivity index (χ0n) is 13.3. The molecule has 2 rings (SSSR count). The molecule has 1 aliphatic heterocycles. The lowest BCUT2D eigenvalue weighted by molar-refractivity contribution is -0.130. The number of carbonyl (C=O) groups excluding carboxylic acids is 2. The van der Waals surface area contributed by atoms with Gasteiger partial charge in [0.25, 0.3) is 0 Å². The molecule has 0 unspecified atom stereocenters. The Balaban J connectivity index is 1.61. The maximum atomic E-state index is 13.4. The van der Waals surface area contributed by atoms with Crippen LogP contribution in [0.15, 0.2) is 24.3 Å². The van der Waals surface area contributed by atoms with Gasteiger partial charge in [-0.3, -0.25) is 4.79 Å². The lowest BCUT2D eigenvalue weighted by Gasteiger charge is -2.20. The van der Waals surface area contributed by atoms with Crippen LogP contribution in [-0.4, -0.2) is 36.5 Å². The Morgan fingerprint density at radius 3 is 2.83 bits per heavy atom. The van der Waals surface area contributed by atoms with E-state index in [2.05, 4.69) is 10.6 Å². The van der Waals surface area contributed by atoms with Crippen molar-refractivity contribution in [2.45, 2.75) is 38.6 Å². The number of hydrogen-bond acceptors (Lipinski definition) is 2. The summed E-state index contributed by atoms with van der Waals surface area (Å²) in [6.45, 7) is 2.14. The highest BCUT2D eigenvalue weighted by molar-refractivity contribution is 5.76. The Morgan fingerprint density at radius 2 is 2.00 bits per heavy atom. The fraction of sp³-hybridized carbons (Fsp3) is 0.529. The lowest BCUT2D eigenvalue weighted by atomic mass is 10.2. The average molecular weight is 321 g/mol. The molecule has 2 N–H and O–H groups in total. The second-order valence-corrected chi connectivity index (χ2v) is 5.75. The predicted molar refractivity (Wildman–Crippen MR) is 86.3 cm³/mol. The van der Waals surface area contributed by atoms with E-state index in [-0.39, 0.29) is 24.3 Å². The van der Waals surface area contributed by atoms with Crippen molar-refractivity contribution in [1.29, 1.82) is 0 Å². The minimum Gasteiger partial charge on any atom is -0.343 e. The molecule has 1 heterocycles. The van der Waals surface area contributed by atoms with E-state index in [1.165, 1.54) is 6.07 Å². The van der Waals surface area contributed by atoms with E-state index in [1.54, 1.807) is 18.2 Å². The molecule has 1 aromatic carbocycles. The molecule has 0 atom stereocenters. The van der Waals surface area contributed by atoms with Crippen molar-refractivity contribution >= 4 is 11.9 Å². The Morgan fingerprint density at radius 1 is 1.17 bits per heavy atom. The van der Waals surface area contributed by atoms with Crippen LogP contribution in [0.4, 0.5) is 9.18 Å². The summed E-state index contributed by atoms with van der Waals surface area (Å²) in [4.78, 5) is 25.4. The van der Waals surface area contributed by atoms with Gasteiger partial charge >= 0.3 is 6.03 Å². The van der Waals surface area contributed by atoms with Crippen molar-refractivity contribution in [3.8, 4) is 0 Å². The maximum Gasteiger partial charge on any atom is 0.315 e. The molecule has 0 aromatic heterocycles. The van der Waals surface area contributed by atoms with Crippen LogP contribution in [0, 0.1) is 5.82 Å². The molecule has 1 aliphatic rings. The van der Waals surface area contributed by atoms with Crippen LogP contribution in [0.25, 0.3) is 0 Å². The van der Waals surface area contributed by atoms with E-state index < -0.39 is 0 Å². The first-order valence-corrected chi connectivity index (χ1v) is 8.19. The van der Waals surface area contributed by atoms with Crippen LogP contribution < -0.4 is 10.6 Å². The fourth-order valence-electron chi connectivity index (χ4n) is 2.63. The van der Waals surface area contributed by atoms with Gasteiger partial charge in [-0.2, -0.15) is 0 Å². The first-order chi connectivity index (χ1) is 11.2. The van der Waals surface area contributed by atoms with Gasteiger partial charge in [-0.05, 0) is 25.3 Å². The number of carbonyl (C=O) groups is 2. The normalized spacial score (nSPS) is 15.2. The number of halogens is 1. The Bertz CT molecular complexity index is 536. The average Bonchev–Trinajstić information content (AvgIpc) is 2.75. The van der Waals surface area contributed by atoms with Gasteiger partial charge in [0.2, 0.25) is 5.91 Å². The standard InChI is InChI=1S/C17H24FN3O2/c18-15-8-4-3-7-14(15)13-20-17(23)19-10-6-12-21-11-5-1-2-9-16(21)22/h3-4,7-8H,1-2,5-6,9-13H2,(H2,19,20,23). The molecule has 6 heteroatoms. The van der Waals surface area contributed by atoms with Gasteiger partial charge in [0, 0.05) is 38.2 Å². The smallest absolute Gasteiger partial charge is 0.315 e. The number of urea groups is 1. The fourth-order valence-corrected chi connectivity index (χ4v) is 2.63. The molecule has 126 valence electrons. The second kappa shape index (κ2) is 9.12. The summed E-state index contributed by atoms with van der Waals surface area (Å²) < 4.78 is 13.4. The van der Waals surface area contributed by atoms with Gasteiger partial charge < -0.3 is 15.5 Å². The molecule has 1 fully saturated rings. The van der Waals surface area contributed by atoms with Crippen LogP contribution in [0.1, 0.15) is 37.7 Å². The first-order valence-electron chi connectivity index (χ1n) is 8.19. The van der Waals surface area contributed by atoms with Crippen molar-refractivity contribution in [2.24, 2.45) is 0 Å². The van der Waals surface area contributed by atoms with Crippen molar-refractivity contribution in [3.05, 3.63) is 35.6 Å². The third-order valence-corrected chi connectivity index (χ3v) is 3.96. The minimum absolute atomic E-state index is 0.156. The van der Waals surface area contributed by atoms with E-state index >= 15 is 0 Å². The third kappa shape index (κ3) is 5.88. The van der Waals surface area contributed by atoms with Crippen molar-refractivity contribution in [3.63, 3.8) is 0 Å². The molecule has 0 radical (unpaired) electrons. The summed E-state index contributed by atoms with van der Waals surface area (Å²) in [6.07, 6.45) is 4.50. The second-order valence-electron chi connectivity index (χ2n) is 5.75. The Hall–Kier alpha value is -2.11. The first kappa shape index (κ1) is 17.2. The monoisotopic (exact) mass is 321 g/mol. The summed E-state index contributed by atoms with van der Waals surface area (Å²) in [5, 5.41) is 5.36. The number of amides is 3. The summed E-state index contributed by atoms with van der Waals surface area (Å²) in [5.74, 6) is -0.112. The van der Waals surface area contributed by atoms with Crippen molar-refractivity contribution in [2.75, 3.05) is 19.6 Å². The summed E-state index contributed by atoms with van der Waals surface area (Å²) in [6, 6.07) is 6.03. The van der Waals surface area contributed by atoms with Gasteiger partial charge in [-0.25, -0.2) is 9.18 Å². The quantitative estimate of drug-likeness (QED) is 0.791. The molecule has 0 spiro atoms. The summed E-state index contributed by atoms with van der Waals surface area (Å²) in [7, 11) is 0. The van der Waals surface area contributed by atoms with Gasteiger partial charge in [-0.15, -0.1) is 0 Å². The highest BCUT2D eigenvalue weighted by Gasteiger charge is 2.15. The lowest BCUT2D eigenvalue weighted by Crippen LogP contribution is -2.38. The van der Waals surface area contributed by atoms with Crippen LogP contribution >= 0.6 is 0 Å². The topological polar surface area (TPSA) is 61.4 Å². The van der Waals surface area contributed by atoms with Crippen molar-refractivity contribution < 1.29 is 14.0 Å². The maximum absolute atomic E-state index is 13.4. The van der Waals surface area contributed by atoms with Crippen LogP contribution in [0.5, 0.6) is 0 Å². The molecule has 3 amide bonds. The van der Waals surface area contributed by atoms with Gasteiger partial charge in [0.15, 0.2) is 0 Å². The molecule has 0 aliphatic carbocycles. The molecule has 0 bridgehead atoms. The molecule has 1 aromatic rings. The zero-order chi connectivity index (χ0) is 16.5. The van der Waals surface area contributed by atoms with E-state index in [0.717, 1.165) is 32.2 Å². The van der Waals surface area contributed by atoms with E-state index in [0.29, 0.717) is 25.1 Å². The molecular formula is C17H24FN3O2. The molecule has 23 heavy (non-hydrogen) atoms. The van der Waals surface area contributed by atoms with Crippen molar-refractivity contribution in [1.82, 2.24) is 15.5 Å². The number of hydrogen-bond donors (Lipinski definition) is 2. The third-order valence-electron chi connectivity index (χ3n) is 3.96. The van der Waals surface area contributed by atoms with Crippen LogP contribution in [0.3, 0.4) is 0 Å². The summed E-state index contributed by atoms with van der Waals surface area (Å²) in [5.41, 5.74) is 0.456. The van der Waals surface area contributed by atoms with Crippen LogP contribution in [0.2, 0.25) is 0 Å². The SMILES string of the molecule is O=C(NCCCN1CCCCCC1=O)NCc1ccccc1F. The van der Waals surface area contributed by atoms with E-state index in [4.69, 9.17) is 0 Å². The van der Waals surface area contributed by atoms with Gasteiger partial charge in [0.1, 0.15) is 5.82 Å². The predicted octanol–water partition coefficient (Wildman–Crippen LogP) is 2.42. The van der Waals surface area contributed by atoms with Gasteiger partial charge in [0.05, 0.1) is 0 Å². The zero-order valence-corrected chi connectivity index (χ0v) is 13.3. The Kier molecular flexibility index (Phi) is 6.84. The highest BCUT2D eigenvalue weighted by Crippen LogP contribution is 2.11. The Labute approximate surface area is 136 Å². The highest BCUT2D eigenvalue weighted by atomic mass is 19.1. The molecular weight excluding hydrogens is 297 g/mol. The van der Waals surface area contributed by atoms with E-state index in [9.17, 15) is 14.0 Å². The van der Waals surface area contributed by atoms with Gasteiger partial charge in [-0.1, -0.05) is 24.6 Å². The minimum atomic E-state index is -0.326. The largest absolute Gasteiger partial charge is 0.343 e. The molecule has 1 saturated heterocycles. The number of rotatable bonds is 6. The summed E-state index contributed by atoms with van der Waals surface area (Å²) >= 11 is 0.